The molecule has 1 aromatic heterocycles. The number of ether oxygens (including phenoxy) is 1. The van der Waals surface area contributed by atoms with E-state index in [2.05, 4.69) is 38.4 Å². The number of hydrogen-bond donors (Lipinski definition) is 1. The van der Waals surface area contributed by atoms with Crippen molar-refractivity contribution in [3.8, 4) is 5.75 Å². The van der Waals surface area contributed by atoms with Gasteiger partial charge in [0.05, 0.1) is 10.4 Å². The van der Waals surface area contributed by atoms with Gasteiger partial charge in [0.25, 0.3) is 0 Å². The molecule has 94 valence electrons. The third kappa shape index (κ3) is 2.18. The number of benzene rings is 1. The Morgan fingerprint density at radius 1 is 1.50 bits per heavy atom. The van der Waals surface area contributed by atoms with Crippen molar-refractivity contribution in [3.05, 3.63) is 44.8 Å². The van der Waals surface area contributed by atoms with Crippen molar-refractivity contribution in [1.29, 1.82) is 0 Å². The average molecular weight is 325 g/mol. The number of rotatable bonds is 2. The van der Waals surface area contributed by atoms with Crippen LogP contribution in [0.1, 0.15) is 29.0 Å². The van der Waals surface area contributed by atoms with Crippen LogP contribution in [-0.4, -0.2) is 12.0 Å². The van der Waals surface area contributed by atoms with E-state index in [9.17, 15) is 0 Å². The van der Waals surface area contributed by atoms with Crippen molar-refractivity contribution in [1.82, 2.24) is 10.3 Å². The maximum absolute atomic E-state index is 6.09. The molecular weight excluding hydrogens is 312 g/mol. The molecule has 1 aliphatic rings. The van der Waals surface area contributed by atoms with Crippen molar-refractivity contribution in [3.63, 3.8) is 0 Å². The number of halogens is 1. The lowest BCUT2D eigenvalue weighted by Crippen LogP contribution is -2.26. The molecule has 1 aromatic carbocycles. The van der Waals surface area contributed by atoms with E-state index >= 15 is 0 Å². The molecule has 0 amide bonds. The first kappa shape index (κ1) is 12.1. The molecule has 2 aromatic rings. The van der Waals surface area contributed by atoms with Crippen LogP contribution in [0, 0.1) is 0 Å². The summed E-state index contributed by atoms with van der Waals surface area (Å²) in [5, 5.41) is 3.36. The summed E-state index contributed by atoms with van der Waals surface area (Å²) in [7, 11) is 1.99. The zero-order valence-electron chi connectivity index (χ0n) is 9.89. The topological polar surface area (TPSA) is 34.2 Å². The van der Waals surface area contributed by atoms with Crippen LogP contribution in [0.5, 0.6) is 5.75 Å². The largest absolute Gasteiger partial charge is 0.484 e. The van der Waals surface area contributed by atoms with Gasteiger partial charge in [-0.05, 0) is 19.2 Å². The molecule has 0 aliphatic carbocycles. The molecule has 1 N–H and O–H groups in total. The maximum atomic E-state index is 6.09. The number of thiazole rings is 1. The molecule has 1 aliphatic heterocycles. The number of aromatic nitrogens is 1. The van der Waals surface area contributed by atoms with Gasteiger partial charge in [-0.25, -0.2) is 0 Å². The van der Waals surface area contributed by atoms with E-state index in [4.69, 9.17) is 4.74 Å². The number of nitrogens with zero attached hydrogens (tertiary/aromatic N) is 1. The Balaban J connectivity index is 1.98. The molecule has 18 heavy (non-hydrogen) atoms. The second kappa shape index (κ2) is 4.99. The Hall–Kier alpha value is -0.910. The SMILES string of the molecule is CNC1CC(c2cncs2)Oc2cc(Br)ccc21. The zero-order chi connectivity index (χ0) is 12.5. The average Bonchev–Trinajstić information content (AvgIpc) is 2.90. The highest BCUT2D eigenvalue weighted by Crippen LogP contribution is 2.42. The first-order valence-electron chi connectivity index (χ1n) is 5.79. The molecule has 0 bridgehead atoms. The fraction of sp³-hybridized carbons (Fsp3) is 0.308. The molecule has 0 fully saturated rings. The van der Waals surface area contributed by atoms with E-state index in [1.54, 1.807) is 11.3 Å². The van der Waals surface area contributed by atoms with Gasteiger partial charge in [-0.1, -0.05) is 22.0 Å². The molecule has 5 heteroatoms. The van der Waals surface area contributed by atoms with Crippen LogP contribution in [0.3, 0.4) is 0 Å². The summed E-state index contributed by atoms with van der Waals surface area (Å²) in [6.07, 6.45) is 2.93. The summed E-state index contributed by atoms with van der Waals surface area (Å²) < 4.78 is 7.13. The molecule has 2 atom stereocenters. The smallest absolute Gasteiger partial charge is 0.136 e. The molecule has 0 saturated heterocycles. The van der Waals surface area contributed by atoms with Crippen molar-refractivity contribution in [2.45, 2.75) is 18.6 Å². The van der Waals surface area contributed by atoms with E-state index in [1.165, 1.54) is 10.4 Å². The van der Waals surface area contributed by atoms with Crippen molar-refractivity contribution in [2.75, 3.05) is 7.05 Å². The molecule has 3 nitrogen and oxygen atoms in total. The summed E-state index contributed by atoms with van der Waals surface area (Å²) in [5.74, 6) is 0.952. The molecular formula is C13H13BrN2OS. The molecule has 0 spiro atoms. The second-order valence-electron chi connectivity index (χ2n) is 4.27. The monoisotopic (exact) mass is 324 g/mol. The molecule has 2 unspecified atom stereocenters. The Kier molecular flexibility index (Phi) is 3.37. The minimum Gasteiger partial charge on any atom is -0.484 e. The fourth-order valence-electron chi connectivity index (χ4n) is 2.27. The van der Waals surface area contributed by atoms with Crippen LogP contribution in [0.25, 0.3) is 0 Å². The lowest BCUT2D eigenvalue weighted by atomic mass is 9.96. The second-order valence-corrected chi connectivity index (χ2v) is 6.10. The van der Waals surface area contributed by atoms with Gasteiger partial charge in [-0.15, -0.1) is 11.3 Å². The van der Waals surface area contributed by atoms with Crippen LogP contribution < -0.4 is 10.1 Å². The predicted molar refractivity (Wildman–Crippen MR) is 76.0 cm³/mol. The zero-order valence-corrected chi connectivity index (χ0v) is 12.3. The lowest BCUT2D eigenvalue weighted by molar-refractivity contribution is 0.157. The first-order valence-corrected chi connectivity index (χ1v) is 7.47. The minimum atomic E-state index is 0.0942. The highest BCUT2D eigenvalue weighted by atomic mass is 79.9. The van der Waals surface area contributed by atoms with Gasteiger partial charge < -0.3 is 10.1 Å². The minimum absolute atomic E-state index is 0.0942. The molecule has 0 saturated carbocycles. The lowest BCUT2D eigenvalue weighted by Gasteiger charge is -2.31. The standard InChI is InChI=1S/C13H13BrN2OS/c1-15-10-5-12(13-6-16-7-18-13)17-11-4-8(14)2-3-9(10)11/h2-4,6-7,10,12,15H,5H2,1H3. The van der Waals surface area contributed by atoms with Gasteiger partial charge in [0.1, 0.15) is 11.9 Å². The van der Waals surface area contributed by atoms with Crippen LogP contribution in [0.4, 0.5) is 0 Å². The highest BCUT2D eigenvalue weighted by Gasteiger charge is 2.29. The normalized spacial score (nSPS) is 22.3. The van der Waals surface area contributed by atoms with E-state index < -0.39 is 0 Å². The third-order valence-electron chi connectivity index (χ3n) is 3.19. The Bertz CT molecular complexity index is 544. The van der Waals surface area contributed by atoms with Crippen molar-refractivity contribution in [2.24, 2.45) is 0 Å². The van der Waals surface area contributed by atoms with Gasteiger partial charge >= 0.3 is 0 Å². The fourth-order valence-corrected chi connectivity index (χ4v) is 3.27. The van der Waals surface area contributed by atoms with Gasteiger partial charge in [0.2, 0.25) is 0 Å². The Morgan fingerprint density at radius 3 is 3.11 bits per heavy atom. The maximum Gasteiger partial charge on any atom is 0.136 e. The van der Waals surface area contributed by atoms with Crippen LogP contribution >= 0.6 is 27.3 Å². The van der Waals surface area contributed by atoms with Crippen molar-refractivity contribution >= 4 is 27.3 Å². The van der Waals surface area contributed by atoms with E-state index in [1.807, 2.05) is 24.8 Å². The molecule has 3 rings (SSSR count). The molecule has 0 radical (unpaired) electrons. The summed E-state index contributed by atoms with van der Waals surface area (Å²) in [4.78, 5) is 5.31. The van der Waals surface area contributed by atoms with Crippen LogP contribution in [-0.2, 0) is 0 Å². The highest BCUT2D eigenvalue weighted by molar-refractivity contribution is 9.10. The summed E-state index contributed by atoms with van der Waals surface area (Å²) in [6.45, 7) is 0. The first-order chi connectivity index (χ1) is 8.78. The Labute approximate surface area is 118 Å². The quantitative estimate of drug-likeness (QED) is 0.914. The number of hydrogen-bond acceptors (Lipinski definition) is 4. The van der Waals surface area contributed by atoms with E-state index in [0.29, 0.717) is 6.04 Å². The predicted octanol–water partition coefficient (Wildman–Crippen LogP) is 3.69. The van der Waals surface area contributed by atoms with Gasteiger partial charge in [0.15, 0.2) is 0 Å². The summed E-state index contributed by atoms with van der Waals surface area (Å²) >= 11 is 5.14. The van der Waals surface area contributed by atoms with Gasteiger partial charge in [0, 0.05) is 28.7 Å². The van der Waals surface area contributed by atoms with E-state index in [0.717, 1.165) is 16.6 Å². The van der Waals surface area contributed by atoms with Crippen LogP contribution in [0.15, 0.2) is 34.4 Å². The number of nitrogens with one attached hydrogen (secondary N) is 1. The van der Waals surface area contributed by atoms with Crippen molar-refractivity contribution < 1.29 is 4.74 Å². The van der Waals surface area contributed by atoms with Gasteiger partial charge in [-0.3, -0.25) is 4.98 Å². The third-order valence-corrected chi connectivity index (χ3v) is 4.55. The van der Waals surface area contributed by atoms with Crippen LogP contribution in [0.2, 0.25) is 0 Å². The van der Waals surface area contributed by atoms with E-state index in [-0.39, 0.29) is 6.10 Å². The molecule has 2 heterocycles. The van der Waals surface area contributed by atoms with Gasteiger partial charge in [-0.2, -0.15) is 0 Å². The summed E-state index contributed by atoms with van der Waals surface area (Å²) in [5.41, 5.74) is 3.07. The Morgan fingerprint density at radius 2 is 2.39 bits per heavy atom. The number of fused-ring (bicyclic) bond motifs is 1. The summed E-state index contributed by atoms with van der Waals surface area (Å²) in [6, 6.07) is 6.53.